The van der Waals surface area contributed by atoms with Crippen LogP contribution >= 0.6 is 11.3 Å². The third-order valence-corrected chi connectivity index (χ3v) is 3.84. The van der Waals surface area contributed by atoms with Crippen LogP contribution in [0.1, 0.15) is 16.3 Å². The minimum atomic E-state index is 0.251. The molecule has 2 heterocycles. The van der Waals surface area contributed by atoms with Gasteiger partial charge in [0.15, 0.2) is 11.5 Å². The lowest BCUT2D eigenvalue weighted by atomic mass is 10.2. The summed E-state index contributed by atoms with van der Waals surface area (Å²) in [6.07, 6.45) is 0. The van der Waals surface area contributed by atoms with Gasteiger partial charge in [0, 0.05) is 18.5 Å². The third-order valence-electron chi connectivity index (χ3n) is 3.02. The fourth-order valence-corrected chi connectivity index (χ4v) is 2.72. The van der Waals surface area contributed by atoms with Gasteiger partial charge in [-0.15, -0.1) is 11.3 Å². The molecule has 1 aromatic heterocycles. The van der Waals surface area contributed by atoms with Crippen LogP contribution in [0, 0.1) is 6.92 Å². The first-order valence-corrected chi connectivity index (χ1v) is 7.22. The lowest BCUT2D eigenvalue weighted by Gasteiger charge is -2.08. The van der Waals surface area contributed by atoms with Crippen LogP contribution in [0.5, 0.6) is 17.2 Å². The molecule has 1 aromatic carbocycles. The summed E-state index contributed by atoms with van der Waals surface area (Å²) in [5.74, 6) is 2.14. The molecule has 0 spiro atoms. The number of ether oxygens (including phenoxy) is 3. The normalized spacial score (nSPS) is 12.7. The van der Waals surface area contributed by atoms with Gasteiger partial charge < -0.3 is 19.5 Å². The molecule has 3 rings (SSSR count). The molecule has 1 aliphatic heterocycles. The number of methoxy groups -OCH3 is 1. The highest BCUT2D eigenvalue weighted by Gasteiger charge is 2.19. The highest BCUT2D eigenvalue weighted by Crippen LogP contribution is 2.41. The quantitative estimate of drug-likeness (QED) is 0.917. The van der Waals surface area contributed by atoms with Crippen LogP contribution in [-0.2, 0) is 13.1 Å². The third kappa shape index (κ3) is 2.71. The van der Waals surface area contributed by atoms with Crippen molar-refractivity contribution >= 4 is 11.3 Å². The van der Waals surface area contributed by atoms with E-state index in [1.165, 1.54) is 0 Å². The summed E-state index contributed by atoms with van der Waals surface area (Å²) in [4.78, 5) is 4.42. The summed E-state index contributed by atoms with van der Waals surface area (Å²) in [5, 5.41) is 6.53. The number of rotatable bonds is 5. The van der Waals surface area contributed by atoms with Crippen molar-refractivity contribution in [2.45, 2.75) is 20.0 Å². The Hall–Kier alpha value is -1.79. The molecule has 0 saturated carbocycles. The topological polar surface area (TPSA) is 52.6 Å². The molecule has 5 nitrogen and oxygen atoms in total. The Morgan fingerprint density at radius 3 is 3.00 bits per heavy atom. The summed E-state index contributed by atoms with van der Waals surface area (Å²) in [7, 11) is 1.63. The average molecular weight is 292 g/mol. The lowest BCUT2D eigenvalue weighted by molar-refractivity contribution is 0.171. The molecule has 6 heteroatoms. The van der Waals surface area contributed by atoms with Crippen molar-refractivity contribution in [3.63, 3.8) is 0 Å². The summed E-state index contributed by atoms with van der Waals surface area (Å²) in [6, 6.07) is 3.94. The predicted octanol–water partition coefficient (Wildman–Crippen LogP) is 2.48. The molecule has 2 aromatic rings. The highest BCUT2D eigenvalue weighted by molar-refractivity contribution is 7.09. The summed E-state index contributed by atoms with van der Waals surface area (Å²) >= 11 is 1.67. The van der Waals surface area contributed by atoms with Crippen LogP contribution in [0.2, 0.25) is 0 Å². The highest BCUT2D eigenvalue weighted by atomic mass is 32.1. The maximum atomic E-state index is 5.41. The van der Waals surface area contributed by atoms with Gasteiger partial charge in [-0.2, -0.15) is 0 Å². The van der Waals surface area contributed by atoms with Crippen molar-refractivity contribution in [1.29, 1.82) is 0 Å². The first-order chi connectivity index (χ1) is 9.76. The number of aromatic nitrogens is 1. The van der Waals surface area contributed by atoms with Gasteiger partial charge >= 0.3 is 0 Å². The Morgan fingerprint density at radius 2 is 2.25 bits per heavy atom. The Balaban J connectivity index is 1.65. The molecule has 0 radical (unpaired) electrons. The summed E-state index contributed by atoms with van der Waals surface area (Å²) in [5.41, 5.74) is 2.17. The smallest absolute Gasteiger partial charge is 0.231 e. The fourth-order valence-electron chi connectivity index (χ4n) is 2.11. The van der Waals surface area contributed by atoms with Gasteiger partial charge in [0.25, 0.3) is 0 Å². The zero-order valence-corrected chi connectivity index (χ0v) is 12.3. The largest absolute Gasteiger partial charge is 0.493 e. The van der Waals surface area contributed by atoms with E-state index in [0.717, 1.165) is 35.1 Å². The van der Waals surface area contributed by atoms with E-state index in [1.807, 2.05) is 19.1 Å². The van der Waals surface area contributed by atoms with E-state index in [1.54, 1.807) is 18.4 Å². The Kier molecular flexibility index (Phi) is 3.75. The number of hydrogen-bond donors (Lipinski definition) is 1. The first kappa shape index (κ1) is 13.2. The van der Waals surface area contributed by atoms with Crippen molar-refractivity contribution in [2.75, 3.05) is 13.9 Å². The zero-order chi connectivity index (χ0) is 13.9. The summed E-state index contributed by atoms with van der Waals surface area (Å²) in [6.45, 7) is 3.74. The van der Waals surface area contributed by atoms with Crippen LogP contribution in [-0.4, -0.2) is 18.9 Å². The molecule has 1 aliphatic rings. The van der Waals surface area contributed by atoms with Crippen LogP contribution < -0.4 is 19.5 Å². The molecule has 1 N–H and O–H groups in total. The number of aryl methyl sites for hydroxylation is 1. The monoisotopic (exact) mass is 292 g/mol. The van der Waals surface area contributed by atoms with Gasteiger partial charge in [-0.05, 0) is 24.6 Å². The van der Waals surface area contributed by atoms with Gasteiger partial charge in [-0.25, -0.2) is 4.98 Å². The Labute approximate surface area is 121 Å². The molecule has 0 fully saturated rings. The molecule has 0 bridgehead atoms. The number of hydrogen-bond acceptors (Lipinski definition) is 6. The minimum absolute atomic E-state index is 0.251. The second-order valence-electron chi connectivity index (χ2n) is 4.49. The number of fused-ring (bicyclic) bond motifs is 1. The van der Waals surface area contributed by atoms with Crippen molar-refractivity contribution < 1.29 is 14.2 Å². The SMILES string of the molecule is COc1cc(CNCc2csc(C)n2)cc2c1OCO2. The number of thiazole rings is 1. The van der Waals surface area contributed by atoms with Crippen LogP contribution in [0.3, 0.4) is 0 Å². The van der Waals surface area contributed by atoms with E-state index in [0.29, 0.717) is 11.5 Å². The van der Waals surface area contributed by atoms with E-state index < -0.39 is 0 Å². The predicted molar refractivity (Wildman–Crippen MR) is 76.5 cm³/mol. The Bertz CT molecular complexity index is 612. The maximum absolute atomic E-state index is 5.41. The van der Waals surface area contributed by atoms with E-state index >= 15 is 0 Å². The second-order valence-corrected chi connectivity index (χ2v) is 5.56. The van der Waals surface area contributed by atoms with Crippen LogP contribution in [0.25, 0.3) is 0 Å². The van der Waals surface area contributed by atoms with Crippen molar-refractivity contribution in [3.05, 3.63) is 33.8 Å². The molecule has 0 aliphatic carbocycles. The molecule has 106 valence electrons. The van der Waals surface area contributed by atoms with Gasteiger partial charge in [-0.3, -0.25) is 0 Å². The van der Waals surface area contributed by atoms with Gasteiger partial charge in [0.2, 0.25) is 12.5 Å². The molecule has 0 unspecified atom stereocenters. The number of nitrogens with zero attached hydrogens (tertiary/aromatic N) is 1. The van der Waals surface area contributed by atoms with E-state index in [4.69, 9.17) is 14.2 Å². The second kappa shape index (κ2) is 5.68. The van der Waals surface area contributed by atoms with E-state index in [2.05, 4.69) is 15.7 Å². The van der Waals surface area contributed by atoms with Crippen molar-refractivity contribution in [3.8, 4) is 17.2 Å². The van der Waals surface area contributed by atoms with Gasteiger partial charge in [0.05, 0.1) is 17.8 Å². The van der Waals surface area contributed by atoms with Gasteiger partial charge in [-0.1, -0.05) is 0 Å². The molecule has 0 saturated heterocycles. The van der Waals surface area contributed by atoms with E-state index in [9.17, 15) is 0 Å². The zero-order valence-electron chi connectivity index (χ0n) is 11.4. The average Bonchev–Trinajstić information content (AvgIpc) is 3.06. The summed E-state index contributed by atoms with van der Waals surface area (Å²) < 4.78 is 16.1. The lowest BCUT2D eigenvalue weighted by Crippen LogP contribution is -2.13. The maximum Gasteiger partial charge on any atom is 0.231 e. The van der Waals surface area contributed by atoms with E-state index in [-0.39, 0.29) is 6.79 Å². The van der Waals surface area contributed by atoms with Crippen molar-refractivity contribution in [2.24, 2.45) is 0 Å². The Morgan fingerprint density at radius 1 is 1.35 bits per heavy atom. The molecule has 20 heavy (non-hydrogen) atoms. The van der Waals surface area contributed by atoms with Crippen LogP contribution in [0.15, 0.2) is 17.5 Å². The molecule has 0 atom stereocenters. The molecule has 0 amide bonds. The molecular formula is C14H16N2O3S. The number of benzene rings is 1. The fraction of sp³-hybridized carbons (Fsp3) is 0.357. The van der Waals surface area contributed by atoms with Crippen molar-refractivity contribution in [1.82, 2.24) is 10.3 Å². The van der Waals surface area contributed by atoms with Crippen LogP contribution in [0.4, 0.5) is 0 Å². The van der Waals surface area contributed by atoms with Gasteiger partial charge in [0.1, 0.15) is 0 Å². The number of nitrogens with one attached hydrogen (secondary N) is 1. The standard InChI is InChI=1S/C14H16N2O3S/c1-9-16-11(7-20-9)6-15-5-10-3-12(17-2)14-13(4-10)18-8-19-14/h3-4,7,15H,5-6,8H2,1-2H3. The molecular weight excluding hydrogens is 276 g/mol. The first-order valence-electron chi connectivity index (χ1n) is 6.34. The minimum Gasteiger partial charge on any atom is -0.493 e.